The number of carbonyl (C=O) groups is 2. The Morgan fingerprint density at radius 2 is 1.76 bits per heavy atom. The number of nitrogens with one attached hydrogen (secondary N) is 3. The van der Waals surface area contributed by atoms with E-state index in [-0.39, 0.29) is 11.8 Å². The summed E-state index contributed by atoms with van der Waals surface area (Å²) in [4.78, 5) is 39.6. The molecule has 8 heteroatoms. The highest BCUT2D eigenvalue weighted by atomic mass is 16.2. The van der Waals surface area contributed by atoms with Gasteiger partial charge in [0.2, 0.25) is 5.91 Å². The zero-order valence-corrected chi connectivity index (χ0v) is 23.3. The Hall–Kier alpha value is -5.08. The van der Waals surface area contributed by atoms with Crippen LogP contribution in [-0.4, -0.2) is 52.3 Å². The molecule has 2 aromatic heterocycles. The maximum Gasteiger partial charge on any atom is 0.255 e. The van der Waals surface area contributed by atoms with Gasteiger partial charge in [0.25, 0.3) is 5.91 Å². The van der Waals surface area contributed by atoms with Crippen molar-refractivity contribution in [2.24, 2.45) is 0 Å². The number of nitrogens with zero attached hydrogens (tertiary/aromatic N) is 3. The summed E-state index contributed by atoms with van der Waals surface area (Å²) in [6.45, 7) is 2.78. The molecule has 0 saturated heterocycles. The molecule has 2 amide bonds. The van der Waals surface area contributed by atoms with Gasteiger partial charge in [-0.1, -0.05) is 30.3 Å². The molecule has 0 aliphatic rings. The third kappa shape index (κ3) is 6.93. The number of amides is 2. The van der Waals surface area contributed by atoms with Crippen LogP contribution >= 0.6 is 0 Å². The zero-order valence-electron chi connectivity index (χ0n) is 23.3. The average Bonchev–Trinajstić information content (AvgIpc) is 3.39. The van der Waals surface area contributed by atoms with Crippen LogP contribution in [0.3, 0.4) is 0 Å². The molecule has 0 unspecified atom stereocenters. The fourth-order valence-electron chi connectivity index (χ4n) is 4.61. The van der Waals surface area contributed by atoms with E-state index in [2.05, 4.69) is 39.7 Å². The van der Waals surface area contributed by atoms with Crippen LogP contribution in [0.2, 0.25) is 0 Å². The summed E-state index contributed by atoms with van der Waals surface area (Å²) in [6, 6.07) is 22.6. The van der Waals surface area contributed by atoms with Crippen molar-refractivity contribution < 1.29 is 9.59 Å². The first-order valence-electron chi connectivity index (χ1n) is 13.4. The number of hydrogen-bond acceptors (Lipinski definition) is 5. The number of hydrogen-bond donors (Lipinski definition) is 3. The van der Waals surface area contributed by atoms with E-state index >= 15 is 0 Å². The largest absolute Gasteiger partial charge is 0.360 e. The first-order valence-corrected chi connectivity index (χ1v) is 13.4. The summed E-state index contributed by atoms with van der Waals surface area (Å²) in [5.74, 6) is 0.244. The van der Waals surface area contributed by atoms with Crippen molar-refractivity contribution in [1.82, 2.24) is 19.9 Å². The van der Waals surface area contributed by atoms with E-state index in [9.17, 15) is 9.59 Å². The van der Waals surface area contributed by atoms with Gasteiger partial charge in [-0.2, -0.15) is 0 Å². The number of aromatic amines is 1. The van der Waals surface area contributed by atoms with E-state index in [1.807, 2.05) is 61.6 Å². The van der Waals surface area contributed by atoms with Gasteiger partial charge in [0.1, 0.15) is 5.82 Å². The van der Waals surface area contributed by atoms with E-state index in [4.69, 9.17) is 4.98 Å². The number of fused-ring (bicyclic) bond motifs is 1. The van der Waals surface area contributed by atoms with Gasteiger partial charge < -0.3 is 20.5 Å². The van der Waals surface area contributed by atoms with Crippen molar-refractivity contribution in [2.45, 2.75) is 13.3 Å². The molecule has 0 aliphatic heterocycles. The van der Waals surface area contributed by atoms with Gasteiger partial charge in [0.05, 0.1) is 5.69 Å². The van der Waals surface area contributed by atoms with Crippen molar-refractivity contribution in [2.75, 3.05) is 31.3 Å². The fourth-order valence-corrected chi connectivity index (χ4v) is 4.61. The van der Waals surface area contributed by atoms with E-state index < -0.39 is 0 Å². The molecule has 2 heterocycles. The van der Waals surface area contributed by atoms with Crippen LogP contribution in [0.1, 0.15) is 27.3 Å². The van der Waals surface area contributed by atoms with Gasteiger partial charge in [-0.25, -0.2) is 9.97 Å². The fraction of sp³-hybridized carbons (Fsp3) is 0.152. The van der Waals surface area contributed by atoms with E-state index in [1.165, 1.54) is 11.6 Å². The summed E-state index contributed by atoms with van der Waals surface area (Å²) in [5, 5.41) is 6.91. The smallest absolute Gasteiger partial charge is 0.255 e. The van der Waals surface area contributed by atoms with Crippen LogP contribution in [-0.2, 0) is 11.2 Å². The van der Waals surface area contributed by atoms with Gasteiger partial charge in [-0.05, 0) is 80.7 Å². The third-order valence-corrected chi connectivity index (χ3v) is 6.60. The predicted molar refractivity (Wildman–Crippen MR) is 164 cm³/mol. The minimum atomic E-state index is -0.237. The molecular formula is C33H32N6O2. The van der Waals surface area contributed by atoms with Crippen LogP contribution in [0.5, 0.6) is 0 Å². The van der Waals surface area contributed by atoms with E-state index in [0.29, 0.717) is 35.7 Å². The second-order valence-electron chi connectivity index (χ2n) is 10.1. The topological polar surface area (TPSA) is 103 Å². The Kier molecular flexibility index (Phi) is 8.31. The quantitative estimate of drug-likeness (QED) is 0.203. The maximum absolute atomic E-state index is 12.9. The zero-order chi connectivity index (χ0) is 28.8. The highest BCUT2D eigenvalue weighted by Gasteiger charge is 2.12. The lowest BCUT2D eigenvalue weighted by Gasteiger charge is -2.09. The molecule has 3 N–H and O–H groups in total. The lowest BCUT2D eigenvalue weighted by Crippen LogP contribution is -2.13. The predicted octanol–water partition coefficient (Wildman–Crippen LogP) is 5.83. The normalized spacial score (nSPS) is 11.3. The molecule has 0 atom stereocenters. The maximum atomic E-state index is 12.9. The van der Waals surface area contributed by atoms with Crippen molar-refractivity contribution >= 4 is 34.1 Å². The average molecular weight is 545 g/mol. The van der Waals surface area contributed by atoms with E-state index in [1.54, 1.807) is 36.5 Å². The molecule has 0 fully saturated rings. The van der Waals surface area contributed by atoms with Gasteiger partial charge in [0.15, 0.2) is 0 Å². The second kappa shape index (κ2) is 12.4. The molecule has 0 saturated carbocycles. The summed E-state index contributed by atoms with van der Waals surface area (Å²) in [6.07, 6.45) is 7.59. The van der Waals surface area contributed by atoms with Gasteiger partial charge >= 0.3 is 0 Å². The van der Waals surface area contributed by atoms with Gasteiger partial charge in [-0.3, -0.25) is 9.59 Å². The molecule has 0 radical (unpaired) electrons. The number of H-pyrrole nitrogens is 1. The third-order valence-electron chi connectivity index (χ3n) is 6.60. The summed E-state index contributed by atoms with van der Waals surface area (Å²) in [5.41, 5.74) is 6.95. The Balaban J connectivity index is 1.23. The molecule has 41 heavy (non-hydrogen) atoms. The molecule has 0 spiro atoms. The Morgan fingerprint density at radius 3 is 2.56 bits per heavy atom. The Morgan fingerprint density at radius 1 is 0.951 bits per heavy atom. The summed E-state index contributed by atoms with van der Waals surface area (Å²) >= 11 is 0. The first kappa shape index (κ1) is 27.5. The monoisotopic (exact) mass is 544 g/mol. The van der Waals surface area contributed by atoms with Crippen molar-refractivity contribution in [3.05, 3.63) is 120 Å². The van der Waals surface area contributed by atoms with Crippen molar-refractivity contribution in [1.29, 1.82) is 0 Å². The van der Waals surface area contributed by atoms with Crippen molar-refractivity contribution in [3.8, 4) is 11.3 Å². The minimum Gasteiger partial charge on any atom is -0.360 e. The first-order chi connectivity index (χ1) is 19.9. The lowest BCUT2D eigenvalue weighted by molar-refractivity contribution is -0.111. The number of carbonyl (C=O) groups excluding carboxylic acids is 2. The van der Waals surface area contributed by atoms with Crippen LogP contribution in [0.15, 0.2) is 97.3 Å². The number of likely N-dealkylation sites (N-methyl/N-ethyl adjacent to an activating group) is 1. The molecule has 5 rings (SSSR count). The number of aryl methyl sites for hydroxylation is 1. The minimum absolute atomic E-state index is 0.216. The Labute approximate surface area is 239 Å². The molecule has 3 aromatic carbocycles. The summed E-state index contributed by atoms with van der Waals surface area (Å²) < 4.78 is 0. The number of aromatic nitrogens is 3. The molecule has 0 aliphatic carbocycles. The highest BCUT2D eigenvalue weighted by Crippen LogP contribution is 2.30. The number of benzene rings is 3. The van der Waals surface area contributed by atoms with Crippen LogP contribution in [0.25, 0.3) is 22.2 Å². The molecular weight excluding hydrogens is 512 g/mol. The number of anilines is 2. The second-order valence-corrected chi connectivity index (χ2v) is 10.1. The molecule has 8 nitrogen and oxygen atoms in total. The SMILES string of the molecule is Cc1cccc2[nH]cc(-c3ccnc(Cc4cccc(NC(=O)c5ccc(NC(=O)/C=C/CN(C)C)cc5)c4)n3)c12. The highest BCUT2D eigenvalue weighted by molar-refractivity contribution is 6.05. The van der Waals surface area contributed by atoms with Crippen molar-refractivity contribution in [3.63, 3.8) is 0 Å². The van der Waals surface area contributed by atoms with Crippen LogP contribution in [0, 0.1) is 6.92 Å². The molecule has 5 aromatic rings. The molecule has 206 valence electrons. The summed E-state index contributed by atoms with van der Waals surface area (Å²) in [7, 11) is 3.87. The molecule has 0 bridgehead atoms. The standard InChI is InChI=1S/C33H32N6O2/c1-22-7-4-10-29-32(22)27(21-35-29)28-16-17-34-30(38-28)20-23-8-5-9-26(19-23)37-33(41)24-12-14-25(15-13-24)36-31(40)11-6-18-39(2)3/h4-17,19,21,35H,18,20H2,1-3H3,(H,36,40)(H,37,41)/b11-6+. The number of rotatable bonds is 9. The van der Waals surface area contributed by atoms with Gasteiger partial charge in [0, 0.05) is 64.8 Å². The lowest BCUT2D eigenvalue weighted by atomic mass is 10.1. The van der Waals surface area contributed by atoms with Crippen LogP contribution in [0.4, 0.5) is 11.4 Å². The Bertz CT molecular complexity index is 1720. The van der Waals surface area contributed by atoms with Gasteiger partial charge in [-0.15, -0.1) is 0 Å². The van der Waals surface area contributed by atoms with E-state index in [0.717, 1.165) is 27.7 Å². The van der Waals surface area contributed by atoms with Crippen LogP contribution < -0.4 is 10.6 Å².